The van der Waals surface area contributed by atoms with E-state index < -0.39 is 91.2 Å². The van der Waals surface area contributed by atoms with Gasteiger partial charge in [-0.25, -0.2) is 0 Å². The van der Waals surface area contributed by atoms with E-state index in [-0.39, 0.29) is 28.5 Å². The van der Waals surface area contributed by atoms with E-state index in [9.17, 15) is 101 Å². The summed E-state index contributed by atoms with van der Waals surface area (Å²) in [5.74, 6) is 0. The van der Waals surface area contributed by atoms with E-state index in [4.69, 9.17) is 13.0 Å². The summed E-state index contributed by atoms with van der Waals surface area (Å²) in [6, 6.07) is 0. The summed E-state index contributed by atoms with van der Waals surface area (Å²) in [4.78, 5) is 0. The molecule has 30 heteroatoms. The standard InChI is InChI=1S/C10H4F20P2.CHF3O3S.CH3.Pt/c11-3(12,13)7(23,24)31(8(25,26)4(14,15)16)1-2-32(9(27,28)5(17,18)19)10(29,30)6(20,21)22;2-1(3,4)8(5,6)7;;/h1-2H2;(H,5,6,7);1H3;/q;;-1;. The van der Waals surface area contributed by atoms with Crippen molar-refractivity contribution < 1.29 is 135 Å². The zero-order valence-corrected chi connectivity index (χ0v) is 23.4. The number of hydrogen-bond acceptors (Lipinski definition) is 2. The van der Waals surface area contributed by atoms with E-state index in [2.05, 4.69) is 0 Å². The van der Waals surface area contributed by atoms with Crippen molar-refractivity contribution in [2.45, 2.75) is 52.9 Å². The van der Waals surface area contributed by atoms with E-state index in [0.717, 1.165) is 0 Å². The fourth-order valence-electron chi connectivity index (χ4n) is 1.73. The molecule has 3 nitrogen and oxygen atoms in total. The molecule has 0 aliphatic heterocycles. The van der Waals surface area contributed by atoms with Gasteiger partial charge in [0.05, 0.1) is 15.8 Å². The van der Waals surface area contributed by atoms with Crippen molar-refractivity contribution in [3.63, 3.8) is 0 Å². The molecule has 262 valence electrons. The van der Waals surface area contributed by atoms with Crippen molar-refractivity contribution in [1.29, 1.82) is 0 Å². The van der Waals surface area contributed by atoms with Crippen LogP contribution in [0.15, 0.2) is 0 Å². The first-order valence-electron chi connectivity index (χ1n) is 8.09. The summed E-state index contributed by atoms with van der Waals surface area (Å²) < 4.78 is 311. The minimum Gasteiger partial charge on any atom is -0.358 e. The van der Waals surface area contributed by atoms with Crippen molar-refractivity contribution in [1.82, 2.24) is 0 Å². The van der Waals surface area contributed by atoms with Crippen LogP contribution in [0.1, 0.15) is 0 Å². The number of alkyl halides is 23. The van der Waals surface area contributed by atoms with Crippen LogP contribution in [0.2, 0.25) is 0 Å². The monoisotopic (exact) mass is 926 g/mol. The van der Waals surface area contributed by atoms with Gasteiger partial charge < -0.3 is 7.43 Å². The fraction of sp³-hybridized carbons (Fsp3) is 0.917. The zero-order chi connectivity index (χ0) is 33.6. The van der Waals surface area contributed by atoms with Crippen LogP contribution >= 0.6 is 15.8 Å². The molecule has 0 aliphatic carbocycles. The molecule has 42 heavy (non-hydrogen) atoms. The fourth-order valence-corrected chi connectivity index (χ4v) is 6.38. The maximum atomic E-state index is 13.2. The average molecular weight is 926 g/mol. The first-order chi connectivity index (χ1) is 16.7. The maximum absolute atomic E-state index is 13.2. The molecule has 0 aromatic heterocycles. The summed E-state index contributed by atoms with van der Waals surface area (Å²) in [6.07, 6.45) is -36.4. The van der Waals surface area contributed by atoms with Gasteiger partial charge in [0.2, 0.25) is 0 Å². The van der Waals surface area contributed by atoms with E-state index in [1.165, 1.54) is 0 Å². The SMILES string of the molecule is FC(F)(F)C(F)(F)P(CCP(C(F)(F)C(F)(F)F)C(F)(F)C(F)(F)F)C(F)(F)C(F)(F)F.O=S(=O)(O)C(F)(F)F.[CH3-].[Pt]. The first kappa shape index (κ1) is 48.7. The van der Waals surface area contributed by atoms with Crippen molar-refractivity contribution >= 4 is 26.0 Å². The Morgan fingerprint density at radius 3 is 0.619 bits per heavy atom. The Balaban J connectivity index is -0.000000628. The van der Waals surface area contributed by atoms with Crippen LogP contribution in [-0.2, 0) is 31.2 Å². The third-order valence-electron chi connectivity index (χ3n) is 3.56. The molecule has 0 radical (unpaired) electrons. The minimum atomic E-state index is -7.34. The second-order valence-corrected chi connectivity index (χ2v) is 12.6. The van der Waals surface area contributed by atoms with Crippen LogP contribution in [0, 0.1) is 7.43 Å². The molecular formula is C12H8F23O3P2PtS-. The largest absolute Gasteiger partial charge is 0.522 e. The van der Waals surface area contributed by atoms with E-state index in [1.807, 2.05) is 0 Å². The molecule has 0 spiro atoms. The van der Waals surface area contributed by atoms with Crippen LogP contribution < -0.4 is 0 Å². The van der Waals surface area contributed by atoms with Gasteiger partial charge in [-0.1, -0.05) is 0 Å². The first-order valence-corrected chi connectivity index (χ1v) is 12.6. The third-order valence-corrected chi connectivity index (χ3v) is 9.57. The van der Waals surface area contributed by atoms with Crippen molar-refractivity contribution in [3.8, 4) is 0 Å². The van der Waals surface area contributed by atoms with Gasteiger partial charge in [0.25, 0.3) is 0 Å². The number of hydrogen-bond donors (Lipinski definition) is 1. The molecular weight excluding hydrogens is 918 g/mol. The molecule has 0 saturated heterocycles. The van der Waals surface area contributed by atoms with Gasteiger partial charge in [0, 0.05) is 21.1 Å². The van der Waals surface area contributed by atoms with Crippen LogP contribution in [0.5, 0.6) is 0 Å². The summed E-state index contributed by atoms with van der Waals surface area (Å²) >= 11 is 0. The molecule has 0 saturated carbocycles. The second kappa shape index (κ2) is 14.1. The van der Waals surface area contributed by atoms with Gasteiger partial charge in [-0.3, -0.25) is 4.55 Å². The Morgan fingerprint density at radius 2 is 0.548 bits per heavy atom. The predicted octanol–water partition coefficient (Wildman–Crippen LogP) is 9.41. The molecule has 0 aromatic carbocycles. The number of rotatable bonds is 7. The van der Waals surface area contributed by atoms with Crippen molar-refractivity contribution in [3.05, 3.63) is 7.43 Å². The molecule has 0 rings (SSSR count). The molecule has 0 atom stereocenters. The molecule has 0 unspecified atom stereocenters. The summed E-state index contributed by atoms with van der Waals surface area (Å²) in [6.45, 7) is 0. The van der Waals surface area contributed by atoms with Gasteiger partial charge in [0.15, 0.2) is 0 Å². The molecule has 0 heterocycles. The zero-order valence-electron chi connectivity index (χ0n) is 18.5. The Morgan fingerprint density at radius 1 is 0.429 bits per heavy atom. The third kappa shape index (κ3) is 11.0. The smallest absolute Gasteiger partial charge is 0.358 e. The van der Waals surface area contributed by atoms with E-state index in [0.29, 0.717) is 0 Å². The normalized spacial score (nSPS) is 15.1. The van der Waals surface area contributed by atoms with Crippen LogP contribution in [0.25, 0.3) is 0 Å². The van der Waals surface area contributed by atoms with Crippen LogP contribution in [-0.4, -0.2) is 78.2 Å². The second-order valence-electron chi connectivity index (χ2n) is 6.38. The van der Waals surface area contributed by atoms with Gasteiger partial charge in [0.1, 0.15) is 0 Å². The summed E-state index contributed by atoms with van der Waals surface area (Å²) in [5, 5.41) is 0. The van der Waals surface area contributed by atoms with Crippen LogP contribution in [0.4, 0.5) is 101 Å². The maximum Gasteiger partial charge on any atom is 0.522 e. The molecule has 0 fully saturated rings. The quantitative estimate of drug-likeness (QED) is 0.0912. The topological polar surface area (TPSA) is 54.4 Å². The molecule has 0 bridgehead atoms. The van der Waals surface area contributed by atoms with Gasteiger partial charge in [-0.05, 0) is 12.3 Å². The summed E-state index contributed by atoms with van der Waals surface area (Å²) in [5.41, 5.74) is -34.4. The Bertz CT molecular complexity index is 840. The summed E-state index contributed by atoms with van der Waals surface area (Å²) in [7, 11) is -18.9. The van der Waals surface area contributed by atoms with Crippen LogP contribution in [0.3, 0.4) is 0 Å². The molecule has 0 amide bonds. The molecule has 1 N–H and O–H groups in total. The Hall–Kier alpha value is -0.152. The van der Waals surface area contributed by atoms with Gasteiger partial charge in [-0.2, -0.15) is 109 Å². The Labute approximate surface area is 234 Å². The number of halogens is 23. The van der Waals surface area contributed by atoms with Crippen molar-refractivity contribution in [2.24, 2.45) is 0 Å². The molecule has 0 aromatic rings. The van der Waals surface area contributed by atoms with Gasteiger partial charge >= 0.3 is 63.0 Å². The average Bonchev–Trinajstić information content (AvgIpc) is 2.59. The predicted molar refractivity (Wildman–Crippen MR) is 91.6 cm³/mol. The molecule has 0 aliphatic rings. The van der Waals surface area contributed by atoms with Crippen molar-refractivity contribution in [2.75, 3.05) is 12.3 Å². The Kier molecular flexibility index (Phi) is 16.4. The minimum absolute atomic E-state index is 0. The van der Waals surface area contributed by atoms with Gasteiger partial charge in [-0.15, -0.1) is 0 Å². The van der Waals surface area contributed by atoms with E-state index >= 15 is 0 Å². The van der Waals surface area contributed by atoms with E-state index in [1.54, 1.807) is 0 Å².